The molecule has 2 aromatic rings. The molecule has 0 unspecified atom stereocenters. The highest BCUT2D eigenvalue weighted by Gasteiger charge is 2.40. The molecule has 6 heteroatoms. The van der Waals surface area contributed by atoms with Gasteiger partial charge in [-0.15, -0.1) is 0 Å². The molecule has 0 radical (unpaired) electrons. The molecule has 0 amide bonds. The Morgan fingerprint density at radius 3 is 2.68 bits per heavy atom. The summed E-state index contributed by atoms with van der Waals surface area (Å²) in [7, 11) is 1.64. The van der Waals surface area contributed by atoms with Gasteiger partial charge in [-0.25, -0.2) is 0 Å². The molecule has 1 N–H and O–H groups in total. The zero-order valence-electron chi connectivity index (χ0n) is 15.4. The van der Waals surface area contributed by atoms with Crippen molar-refractivity contribution < 1.29 is 14.4 Å². The summed E-state index contributed by atoms with van der Waals surface area (Å²) in [5.41, 5.74) is -0.0610. The van der Waals surface area contributed by atoms with Crippen LogP contribution in [-0.4, -0.2) is 39.8 Å². The molecule has 3 rings (SSSR count). The van der Waals surface area contributed by atoms with Gasteiger partial charge in [-0.1, -0.05) is 31.1 Å². The minimum atomic E-state index is -0.951. The van der Waals surface area contributed by atoms with Crippen molar-refractivity contribution in [2.24, 2.45) is 0 Å². The lowest BCUT2D eigenvalue weighted by molar-refractivity contribution is -0.0262. The van der Waals surface area contributed by atoms with Crippen LogP contribution in [-0.2, 0) is 12.1 Å². The lowest BCUT2D eigenvalue weighted by atomic mass is 9.86. The van der Waals surface area contributed by atoms with Crippen LogP contribution in [0, 0.1) is 0 Å². The number of nitrogens with zero attached hydrogens (tertiary/aromatic N) is 3. The van der Waals surface area contributed by atoms with Crippen LogP contribution in [0.2, 0.25) is 0 Å². The Labute approximate surface area is 148 Å². The van der Waals surface area contributed by atoms with Gasteiger partial charge in [0.25, 0.3) is 0 Å². The van der Waals surface area contributed by atoms with Gasteiger partial charge in [0.05, 0.1) is 13.7 Å². The summed E-state index contributed by atoms with van der Waals surface area (Å²) in [6, 6.07) is 7.65. The molecule has 1 aliphatic rings. The number of methoxy groups -OCH3 is 1. The maximum Gasteiger partial charge on any atom is 0.229 e. The van der Waals surface area contributed by atoms with E-state index in [0.717, 1.165) is 30.7 Å². The number of hydrogen-bond donors (Lipinski definition) is 1. The molecule has 1 aliphatic heterocycles. The minimum Gasteiger partial charge on any atom is -0.497 e. The molecule has 0 aliphatic carbocycles. The third kappa shape index (κ3) is 3.70. The van der Waals surface area contributed by atoms with Gasteiger partial charge < -0.3 is 14.4 Å². The fourth-order valence-electron chi connectivity index (χ4n) is 3.52. The standard InChI is InChI=1S/C19H27N3O3/c1-13(2)18-20-17(21-25-18)12-22-11-5-6-16(22)19(3,23)14-7-9-15(24-4)10-8-14/h7-10,13,16,23H,5-6,11-12H2,1-4H3/t16-,19+/m0/s1. The number of hydrogen-bond acceptors (Lipinski definition) is 6. The van der Waals surface area contributed by atoms with E-state index in [1.54, 1.807) is 7.11 Å². The first-order chi connectivity index (χ1) is 11.9. The van der Waals surface area contributed by atoms with E-state index in [9.17, 15) is 5.11 Å². The predicted molar refractivity (Wildman–Crippen MR) is 94.4 cm³/mol. The zero-order valence-corrected chi connectivity index (χ0v) is 15.4. The maximum atomic E-state index is 11.2. The van der Waals surface area contributed by atoms with Crippen molar-refractivity contribution in [3.63, 3.8) is 0 Å². The average molecular weight is 345 g/mol. The molecule has 1 fully saturated rings. The van der Waals surface area contributed by atoms with E-state index >= 15 is 0 Å². The average Bonchev–Trinajstić information content (AvgIpc) is 3.25. The Hall–Kier alpha value is -1.92. The topological polar surface area (TPSA) is 71.6 Å². The van der Waals surface area contributed by atoms with Crippen LogP contribution in [0.3, 0.4) is 0 Å². The van der Waals surface area contributed by atoms with Gasteiger partial charge in [-0.3, -0.25) is 4.90 Å². The lowest BCUT2D eigenvalue weighted by Crippen LogP contribution is -2.45. The van der Waals surface area contributed by atoms with E-state index in [1.807, 2.05) is 45.0 Å². The second-order valence-corrected chi connectivity index (χ2v) is 7.21. The Balaban J connectivity index is 1.76. The number of aromatic nitrogens is 2. The molecular formula is C19H27N3O3. The SMILES string of the molecule is COc1ccc([C@@](C)(O)[C@@H]2CCCN2Cc2noc(C(C)C)n2)cc1. The van der Waals surface area contributed by atoms with Gasteiger partial charge in [-0.2, -0.15) is 4.98 Å². The molecule has 6 nitrogen and oxygen atoms in total. The molecule has 136 valence electrons. The summed E-state index contributed by atoms with van der Waals surface area (Å²) in [4.78, 5) is 6.72. The molecule has 0 bridgehead atoms. The van der Waals surface area contributed by atoms with Crippen molar-refractivity contribution in [2.45, 2.75) is 57.7 Å². The number of rotatable bonds is 6. The van der Waals surface area contributed by atoms with Crippen molar-refractivity contribution >= 4 is 0 Å². The zero-order chi connectivity index (χ0) is 18.0. The first-order valence-corrected chi connectivity index (χ1v) is 8.85. The third-order valence-electron chi connectivity index (χ3n) is 5.01. The predicted octanol–water partition coefficient (Wildman–Crippen LogP) is 3.07. The molecule has 1 aromatic carbocycles. The van der Waals surface area contributed by atoms with Crippen molar-refractivity contribution in [1.82, 2.24) is 15.0 Å². The number of ether oxygens (including phenoxy) is 1. The van der Waals surface area contributed by atoms with E-state index in [0.29, 0.717) is 18.3 Å². The summed E-state index contributed by atoms with van der Waals surface area (Å²) < 4.78 is 10.5. The number of likely N-dealkylation sites (tertiary alicyclic amines) is 1. The van der Waals surface area contributed by atoms with Gasteiger partial charge in [0.2, 0.25) is 5.89 Å². The fraction of sp³-hybridized carbons (Fsp3) is 0.579. The van der Waals surface area contributed by atoms with Crippen LogP contribution in [0.4, 0.5) is 0 Å². The molecule has 1 aromatic heterocycles. The van der Waals surface area contributed by atoms with Gasteiger partial charge in [-0.05, 0) is 44.0 Å². The summed E-state index contributed by atoms with van der Waals surface area (Å²) >= 11 is 0. The summed E-state index contributed by atoms with van der Waals surface area (Å²) in [5.74, 6) is 2.35. The number of benzene rings is 1. The van der Waals surface area contributed by atoms with Crippen LogP contribution < -0.4 is 4.74 Å². The second kappa shape index (κ2) is 7.14. The first-order valence-electron chi connectivity index (χ1n) is 8.85. The molecular weight excluding hydrogens is 318 g/mol. The van der Waals surface area contributed by atoms with E-state index in [1.165, 1.54) is 0 Å². The minimum absolute atomic E-state index is 0.0156. The van der Waals surface area contributed by atoms with Gasteiger partial charge >= 0.3 is 0 Å². The third-order valence-corrected chi connectivity index (χ3v) is 5.01. The number of aliphatic hydroxyl groups is 1. The molecule has 2 heterocycles. The Kier molecular flexibility index (Phi) is 5.11. The van der Waals surface area contributed by atoms with Crippen LogP contribution in [0.1, 0.15) is 56.8 Å². The summed E-state index contributed by atoms with van der Waals surface area (Å²) in [5, 5.41) is 15.3. The highest BCUT2D eigenvalue weighted by molar-refractivity contribution is 5.31. The highest BCUT2D eigenvalue weighted by Crippen LogP contribution is 2.36. The van der Waals surface area contributed by atoms with Gasteiger partial charge in [0.1, 0.15) is 11.4 Å². The van der Waals surface area contributed by atoms with E-state index in [4.69, 9.17) is 9.26 Å². The van der Waals surface area contributed by atoms with Crippen molar-refractivity contribution in [3.8, 4) is 5.75 Å². The lowest BCUT2D eigenvalue weighted by Gasteiger charge is -2.36. The summed E-state index contributed by atoms with van der Waals surface area (Å²) in [6.07, 6.45) is 1.99. The largest absolute Gasteiger partial charge is 0.497 e. The molecule has 25 heavy (non-hydrogen) atoms. The van der Waals surface area contributed by atoms with Gasteiger partial charge in [0, 0.05) is 12.0 Å². The van der Waals surface area contributed by atoms with Gasteiger partial charge in [0.15, 0.2) is 5.82 Å². The van der Waals surface area contributed by atoms with Crippen LogP contribution >= 0.6 is 0 Å². The monoisotopic (exact) mass is 345 g/mol. The Morgan fingerprint density at radius 1 is 1.36 bits per heavy atom. The van der Waals surface area contributed by atoms with E-state index in [2.05, 4.69) is 15.0 Å². The van der Waals surface area contributed by atoms with Crippen molar-refractivity contribution in [3.05, 3.63) is 41.5 Å². The normalized spacial score (nSPS) is 20.8. The van der Waals surface area contributed by atoms with Crippen LogP contribution in [0.25, 0.3) is 0 Å². The van der Waals surface area contributed by atoms with E-state index < -0.39 is 5.60 Å². The van der Waals surface area contributed by atoms with E-state index in [-0.39, 0.29) is 12.0 Å². The Morgan fingerprint density at radius 2 is 2.08 bits per heavy atom. The fourth-order valence-corrected chi connectivity index (χ4v) is 3.52. The van der Waals surface area contributed by atoms with Crippen molar-refractivity contribution in [2.75, 3.05) is 13.7 Å². The molecule has 0 saturated carbocycles. The first kappa shape index (κ1) is 17.9. The Bertz CT molecular complexity index is 694. The summed E-state index contributed by atoms with van der Waals surface area (Å²) in [6.45, 7) is 7.46. The second-order valence-electron chi connectivity index (χ2n) is 7.21. The molecule has 1 saturated heterocycles. The molecule has 0 spiro atoms. The smallest absolute Gasteiger partial charge is 0.229 e. The van der Waals surface area contributed by atoms with Crippen LogP contribution in [0.15, 0.2) is 28.8 Å². The maximum absolute atomic E-state index is 11.2. The van der Waals surface area contributed by atoms with Crippen LogP contribution in [0.5, 0.6) is 5.75 Å². The van der Waals surface area contributed by atoms with Crippen molar-refractivity contribution in [1.29, 1.82) is 0 Å². The molecule has 2 atom stereocenters. The highest BCUT2D eigenvalue weighted by atomic mass is 16.5. The quantitative estimate of drug-likeness (QED) is 0.867.